The number of carbonyl (C=O) groups excluding carboxylic acids is 1. The number of rotatable bonds is 2. The first-order chi connectivity index (χ1) is 9.29. The summed E-state index contributed by atoms with van der Waals surface area (Å²) in [6.07, 6.45) is 1.42. The second-order valence-electron chi connectivity index (χ2n) is 4.05. The quantitative estimate of drug-likeness (QED) is 0.883. The van der Waals surface area contributed by atoms with Gasteiger partial charge in [0.15, 0.2) is 5.82 Å². The van der Waals surface area contributed by atoms with E-state index in [9.17, 15) is 4.79 Å². The first-order valence-electron chi connectivity index (χ1n) is 5.81. The van der Waals surface area contributed by atoms with Crippen LogP contribution in [0.25, 0.3) is 0 Å². The molecule has 6 heteroatoms. The van der Waals surface area contributed by atoms with Crippen molar-refractivity contribution in [2.24, 2.45) is 0 Å². The number of nitrogens with zero attached hydrogens (tertiary/aromatic N) is 3. The third-order valence-electron chi connectivity index (χ3n) is 2.88. The zero-order chi connectivity index (χ0) is 13.2. The third-order valence-corrected chi connectivity index (χ3v) is 2.88. The molecular weight excluding hydrogens is 244 g/mol. The van der Waals surface area contributed by atoms with Crippen molar-refractivity contribution in [3.63, 3.8) is 0 Å². The summed E-state index contributed by atoms with van der Waals surface area (Å²) in [5.74, 6) is 0.876. The highest BCUT2D eigenvalue weighted by atomic mass is 16.5. The lowest BCUT2D eigenvalue weighted by atomic mass is 10.2. The number of methoxy groups -OCH3 is 1. The molecule has 2 aromatic rings. The molecule has 0 saturated heterocycles. The van der Waals surface area contributed by atoms with Crippen LogP contribution >= 0.6 is 0 Å². The van der Waals surface area contributed by atoms with Gasteiger partial charge in [0.2, 0.25) is 11.8 Å². The summed E-state index contributed by atoms with van der Waals surface area (Å²) in [5.41, 5.74) is 1.41. The van der Waals surface area contributed by atoms with Crippen molar-refractivity contribution in [3.8, 4) is 5.88 Å². The van der Waals surface area contributed by atoms with Crippen LogP contribution < -0.4 is 15.0 Å². The highest BCUT2D eigenvalue weighted by Gasteiger charge is 2.27. The molecule has 0 fully saturated rings. The van der Waals surface area contributed by atoms with Gasteiger partial charge in [0.25, 0.3) is 0 Å². The van der Waals surface area contributed by atoms with E-state index in [1.165, 1.54) is 13.4 Å². The van der Waals surface area contributed by atoms with Crippen LogP contribution in [0.3, 0.4) is 0 Å². The fourth-order valence-electron chi connectivity index (χ4n) is 2.05. The monoisotopic (exact) mass is 256 g/mol. The fourth-order valence-corrected chi connectivity index (χ4v) is 2.05. The predicted octanol–water partition coefficient (Wildman–Crippen LogP) is 1.58. The molecule has 0 radical (unpaired) electrons. The van der Waals surface area contributed by atoms with Gasteiger partial charge in [-0.3, -0.25) is 4.79 Å². The number of amides is 1. The zero-order valence-corrected chi connectivity index (χ0v) is 10.3. The minimum Gasteiger partial charge on any atom is -0.479 e. The summed E-state index contributed by atoms with van der Waals surface area (Å²) in [6, 6.07) is 9.61. The summed E-state index contributed by atoms with van der Waals surface area (Å²) in [4.78, 5) is 21.9. The number of hydrogen-bond acceptors (Lipinski definition) is 5. The van der Waals surface area contributed by atoms with Crippen LogP contribution in [0.1, 0.15) is 0 Å². The number of anilines is 3. The van der Waals surface area contributed by atoms with E-state index >= 15 is 0 Å². The molecule has 6 nitrogen and oxygen atoms in total. The molecule has 1 amide bonds. The van der Waals surface area contributed by atoms with E-state index in [0.29, 0.717) is 17.4 Å². The van der Waals surface area contributed by atoms with E-state index < -0.39 is 0 Å². The maximum Gasteiger partial charge on any atom is 0.244 e. The molecule has 1 aromatic carbocycles. The summed E-state index contributed by atoms with van der Waals surface area (Å²) in [7, 11) is 1.51. The van der Waals surface area contributed by atoms with Crippen LogP contribution in [-0.2, 0) is 4.79 Å². The molecule has 3 rings (SSSR count). The molecule has 0 bridgehead atoms. The molecule has 0 spiro atoms. The Balaban J connectivity index is 2.13. The van der Waals surface area contributed by atoms with Crippen molar-refractivity contribution in [2.75, 3.05) is 23.9 Å². The molecule has 0 unspecified atom stereocenters. The van der Waals surface area contributed by atoms with Crippen LogP contribution in [0.15, 0.2) is 36.7 Å². The Bertz CT molecular complexity index is 615. The number of ether oxygens (including phenoxy) is 1. The Labute approximate surface area is 110 Å². The van der Waals surface area contributed by atoms with Crippen molar-refractivity contribution in [1.29, 1.82) is 0 Å². The number of fused-ring (bicyclic) bond motifs is 1. The van der Waals surface area contributed by atoms with Crippen LogP contribution in [0.2, 0.25) is 0 Å². The Morgan fingerprint density at radius 1 is 1.26 bits per heavy atom. The molecule has 1 N–H and O–H groups in total. The lowest BCUT2D eigenvalue weighted by Crippen LogP contribution is -2.36. The first-order valence-corrected chi connectivity index (χ1v) is 5.81. The Morgan fingerprint density at radius 2 is 2.05 bits per heavy atom. The molecule has 1 aromatic heterocycles. The minimum absolute atomic E-state index is 0.121. The number of carbonyl (C=O) groups is 1. The average Bonchev–Trinajstić information content (AvgIpc) is 2.46. The highest BCUT2D eigenvalue weighted by molar-refractivity contribution is 6.03. The largest absolute Gasteiger partial charge is 0.479 e. The maximum atomic E-state index is 11.8. The van der Waals surface area contributed by atoms with Gasteiger partial charge in [0.05, 0.1) is 7.11 Å². The van der Waals surface area contributed by atoms with Crippen LogP contribution in [-0.4, -0.2) is 29.5 Å². The first kappa shape index (κ1) is 11.5. The third kappa shape index (κ3) is 1.97. The molecule has 19 heavy (non-hydrogen) atoms. The smallest absolute Gasteiger partial charge is 0.244 e. The highest BCUT2D eigenvalue weighted by Crippen LogP contribution is 2.37. The lowest BCUT2D eigenvalue weighted by molar-refractivity contribution is -0.115. The molecule has 2 heterocycles. The van der Waals surface area contributed by atoms with Gasteiger partial charge in [-0.1, -0.05) is 18.2 Å². The molecule has 0 saturated carbocycles. The number of nitrogens with one attached hydrogen (secondary N) is 1. The van der Waals surface area contributed by atoms with Gasteiger partial charge in [-0.25, -0.2) is 4.98 Å². The SMILES string of the molecule is COc1ncnc2c1NC(=O)CN2c1ccccc1. The van der Waals surface area contributed by atoms with E-state index in [1.54, 1.807) is 0 Å². The van der Waals surface area contributed by atoms with Gasteiger partial charge in [-0.2, -0.15) is 4.98 Å². The van der Waals surface area contributed by atoms with Gasteiger partial charge < -0.3 is 15.0 Å². The Hall–Kier alpha value is -2.63. The van der Waals surface area contributed by atoms with Gasteiger partial charge >= 0.3 is 0 Å². The zero-order valence-electron chi connectivity index (χ0n) is 10.3. The van der Waals surface area contributed by atoms with Crippen molar-refractivity contribution in [1.82, 2.24) is 9.97 Å². The van der Waals surface area contributed by atoms with E-state index in [4.69, 9.17) is 4.74 Å². The standard InChI is InChI=1S/C13H12N4O2/c1-19-13-11-12(14-8-15-13)17(7-10(18)16-11)9-5-3-2-4-6-9/h2-6,8H,7H2,1H3,(H,16,18). The Morgan fingerprint density at radius 3 is 2.79 bits per heavy atom. The van der Waals surface area contributed by atoms with Crippen molar-refractivity contribution >= 4 is 23.1 Å². The molecule has 1 aliphatic heterocycles. The summed E-state index contributed by atoms with van der Waals surface area (Å²) < 4.78 is 5.15. The number of aromatic nitrogens is 2. The van der Waals surface area contributed by atoms with E-state index in [-0.39, 0.29) is 12.5 Å². The summed E-state index contributed by atoms with van der Waals surface area (Å²) in [6.45, 7) is 0.219. The molecule has 0 atom stereocenters. The van der Waals surface area contributed by atoms with Gasteiger partial charge in [0, 0.05) is 5.69 Å². The summed E-state index contributed by atoms with van der Waals surface area (Å²) in [5, 5.41) is 2.75. The fraction of sp³-hybridized carbons (Fsp3) is 0.154. The minimum atomic E-state index is -0.121. The average molecular weight is 256 g/mol. The van der Waals surface area contributed by atoms with Crippen molar-refractivity contribution in [2.45, 2.75) is 0 Å². The van der Waals surface area contributed by atoms with Gasteiger partial charge in [0.1, 0.15) is 18.6 Å². The molecule has 1 aliphatic rings. The topological polar surface area (TPSA) is 67.4 Å². The van der Waals surface area contributed by atoms with E-state index in [0.717, 1.165) is 5.69 Å². The van der Waals surface area contributed by atoms with Crippen molar-refractivity contribution in [3.05, 3.63) is 36.7 Å². The van der Waals surface area contributed by atoms with Crippen LogP contribution in [0.4, 0.5) is 17.2 Å². The van der Waals surface area contributed by atoms with Crippen LogP contribution in [0, 0.1) is 0 Å². The molecule has 0 aliphatic carbocycles. The maximum absolute atomic E-state index is 11.8. The van der Waals surface area contributed by atoms with Crippen molar-refractivity contribution < 1.29 is 9.53 Å². The number of benzene rings is 1. The normalized spacial score (nSPS) is 13.7. The lowest BCUT2D eigenvalue weighted by Gasteiger charge is -2.29. The Kier molecular flexibility index (Phi) is 2.75. The summed E-state index contributed by atoms with van der Waals surface area (Å²) >= 11 is 0. The van der Waals surface area contributed by atoms with Gasteiger partial charge in [-0.15, -0.1) is 0 Å². The number of hydrogen-bond donors (Lipinski definition) is 1. The molecule has 96 valence electrons. The predicted molar refractivity (Wildman–Crippen MR) is 70.7 cm³/mol. The van der Waals surface area contributed by atoms with E-state index in [2.05, 4.69) is 15.3 Å². The number of para-hydroxylation sites is 1. The second kappa shape index (κ2) is 4.56. The van der Waals surface area contributed by atoms with E-state index in [1.807, 2.05) is 35.2 Å². The molecular formula is C13H12N4O2. The second-order valence-corrected chi connectivity index (χ2v) is 4.05. The van der Waals surface area contributed by atoms with Gasteiger partial charge in [-0.05, 0) is 12.1 Å². The van der Waals surface area contributed by atoms with Crippen LogP contribution in [0.5, 0.6) is 5.88 Å².